The van der Waals surface area contributed by atoms with Crippen molar-refractivity contribution in [1.29, 1.82) is 0 Å². The molecule has 9 heteroatoms. The zero-order chi connectivity index (χ0) is 20.4. The van der Waals surface area contributed by atoms with Gasteiger partial charge in [-0.1, -0.05) is 6.92 Å². The molecule has 3 heterocycles. The van der Waals surface area contributed by atoms with Gasteiger partial charge < -0.3 is 14.4 Å². The Labute approximate surface area is 172 Å². The highest BCUT2D eigenvalue weighted by atomic mass is 32.2. The molecule has 29 heavy (non-hydrogen) atoms. The van der Waals surface area contributed by atoms with Crippen LogP contribution in [0.3, 0.4) is 0 Å². The Kier molecular flexibility index (Phi) is 5.98. The van der Waals surface area contributed by atoms with Crippen molar-refractivity contribution in [2.45, 2.75) is 24.7 Å². The molecule has 0 saturated carbocycles. The third-order valence-corrected chi connectivity index (χ3v) is 7.75. The van der Waals surface area contributed by atoms with Crippen molar-refractivity contribution >= 4 is 15.9 Å². The highest BCUT2D eigenvalue weighted by Gasteiger charge is 2.31. The van der Waals surface area contributed by atoms with E-state index in [1.54, 1.807) is 12.1 Å². The fraction of sp³-hybridized carbons (Fsp3) is 0.650. The van der Waals surface area contributed by atoms with Gasteiger partial charge in [-0.2, -0.15) is 4.31 Å². The maximum absolute atomic E-state index is 13.0. The Morgan fingerprint density at radius 2 is 1.79 bits per heavy atom. The number of amides is 1. The van der Waals surface area contributed by atoms with Gasteiger partial charge in [-0.05, 0) is 30.9 Å². The predicted molar refractivity (Wildman–Crippen MR) is 108 cm³/mol. The molecule has 1 aromatic carbocycles. The Balaban J connectivity index is 1.34. The number of carbonyl (C=O) groups is 1. The molecule has 0 spiro atoms. The first-order valence-electron chi connectivity index (χ1n) is 10.3. The maximum Gasteiger partial charge on any atom is 0.243 e. The molecule has 1 aromatic rings. The number of hydrogen-bond donors (Lipinski definition) is 0. The third kappa shape index (κ3) is 4.51. The molecule has 0 N–H and O–H groups in total. The van der Waals surface area contributed by atoms with Gasteiger partial charge in [-0.3, -0.25) is 9.69 Å². The summed E-state index contributed by atoms with van der Waals surface area (Å²) in [6, 6.07) is 4.75. The van der Waals surface area contributed by atoms with Crippen molar-refractivity contribution < 1.29 is 22.7 Å². The summed E-state index contributed by atoms with van der Waals surface area (Å²) < 4.78 is 38.5. The fourth-order valence-electron chi connectivity index (χ4n) is 4.17. The minimum absolute atomic E-state index is 0.152. The summed E-state index contributed by atoms with van der Waals surface area (Å²) in [4.78, 5) is 16.8. The quantitative estimate of drug-likeness (QED) is 0.720. The number of likely N-dealkylation sites (tertiary alicyclic amines) is 1. The van der Waals surface area contributed by atoms with Crippen LogP contribution in [0.25, 0.3) is 0 Å². The predicted octanol–water partition coefficient (Wildman–Crippen LogP) is 1.02. The number of piperidine rings is 1. The van der Waals surface area contributed by atoms with Crippen molar-refractivity contribution in [2.24, 2.45) is 5.92 Å². The lowest BCUT2D eigenvalue weighted by Gasteiger charge is -2.36. The molecule has 3 aliphatic rings. The van der Waals surface area contributed by atoms with E-state index in [9.17, 15) is 13.2 Å². The van der Waals surface area contributed by atoms with Crippen molar-refractivity contribution in [3.8, 4) is 11.5 Å². The Bertz CT molecular complexity index is 852. The molecule has 1 atom stereocenters. The van der Waals surface area contributed by atoms with Gasteiger partial charge in [0.15, 0.2) is 11.5 Å². The van der Waals surface area contributed by atoms with Crippen LogP contribution < -0.4 is 9.47 Å². The molecule has 2 saturated heterocycles. The first-order valence-corrected chi connectivity index (χ1v) is 11.8. The number of ether oxygens (including phenoxy) is 2. The zero-order valence-electron chi connectivity index (χ0n) is 16.9. The van der Waals surface area contributed by atoms with E-state index in [4.69, 9.17) is 9.47 Å². The molecule has 2 fully saturated rings. The van der Waals surface area contributed by atoms with Gasteiger partial charge >= 0.3 is 0 Å². The van der Waals surface area contributed by atoms with Gasteiger partial charge in [0, 0.05) is 45.3 Å². The van der Waals surface area contributed by atoms with Crippen molar-refractivity contribution in [3.05, 3.63) is 18.2 Å². The van der Waals surface area contributed by atoms with Crippen LogP contribution in [-0.4, -0.2) is 87.5 Å². The van der Waals surface area contributed by atoms with Crippen molar-refractivity contribution in [2.75, 3.05) is 59.0 Å². The highest BCUT2D eigenvalue weighted by Crippen LogP contribution is 2.33. The van der Waals surface area contributed by atoms with Crippen molar-refractivity contribution in [1.82, 2.24) is 14.1 Å². The minimum atomic E-state index is -3.60. The molecule has 160 valence electrons. The summed E-state index contributed by atoms with van der Waals surface area (Å²) in [5, 5.41) is 0. The van der Waals surface area contributed by atoms with E-state index < -0.39 is 10.0 Å². The molecular weight excluding hydrogens is 394 g/mol. The zero-order valence-corrected chi connectivity index (χ0v) is 17.7. The Morgan fingerprint density at radius 1 is 1.07 bits per heavy atom. The first-order chi connectivity index (χ1) is 13.9. The van der Waals surface area contributed by atoms with E-state index in [-0.39, 0.29) is 10.8 Å². The molecule has 0 aliphatic carbocycles. The summed E-state index contributed by atoms with van der Waals surface area (Å²) in [6.45, 7) is 6.96. The molecule has 0 aromatic heterocycles. The number of nitrogens with zero attached hydrogens (tertiary/aromatic N) is 3. The van der Waals surface area contributed by atoms with Crippen LogP contribution in [-0.2, 0) is 14.8 Å². The second-order valence-corrected chi connectivity index (χ2v) is 10.0. The minimum Gasteiger partial charge on any atom is -0.486 e. The number of piperazine rings is 1. The van der Waals surface area contributed by atoms with Crippen LogP contribution in [0.2, 0.25) is 0 Å². The van der Waals surface area contributed by atoms with Crippen molar-refractivity contribution in [3.63, 3.8) is 0 Å². The average molecular weight is 424 g/mol. The van der Waals surface area contributed by atoms with E-state index in [2.05, 4.69) is 11.8 Å². The fourth-order valence-corrected chi connectivity index (χ4v) is 5.61. The number of hydrogen-bond acceptors (Lipinski definition) is 6. The SMILES string of the molecule is C[C@H]1CCCN(C(=O)CN2CCN(S(=O)(=O)c3ccc4c(c3)OCCO4)CC2)C1. The average Bonchev–Trinajstić information content (AvgIpc) is 2.74. The number of benzene rings is 1. The summed E-state index contributed by atoms with van der Waals surface area (Å²) in [7, 11) is -3.60. The third-order valence-electron chi connectivity index (χ3n) is 5.85. The lowest BCUT2D eigenvalue weighted by molar-refractivity contribution is -0.134. The molecule has 0 bridgehead atoms. The van der Waals surface area contributed by atoms with Gasteiger partial charge in [0.2, 0.25) is 15.9 Å². The van der Waals surface area contributed by atoms with E-state index in [0.29, 0.717) is 63.4 Å². The number of carbonyl (C=O) groups excluding carboxylic acids is 1. The van der Waals surface area contributed by atoms with E-state index >= 15 is 0 Å². The Hall–Kier alpha value is -1.84. The van der Waals surface area contributed by atoms with Crippen LogP contribution in [0.4, 0.5) is 0 Å². The Morgan fingerprint density at radius 3 is 2.52 bits per heavy atom. The van der Waals surface area contributed by atoms with Crippen LogP contribution in [0.15, 0.2) is 23.1 Å². The molecule has 0 radical (unpaired) electrons. The number of sulfonamides is 1. The van der Waals surface area contributed by atoms with E-state index in [1.807, 2.05) is 4.90 Å². The van der Waals surface area contributed by atoms with E-state index in [0.717, 1.165) is 19.5 Å². The normalized spacial score (nSPS) is 23.8. The second kappa shape index (κ2) is 8.49. The molecule has 1 amide bonds. The lowest BCUT2D eigenvalue weighted by Crippen LogP contribution is -2.52. The molecule has 3 aliphatic heterocycles. The maximum atomic E-state index is 13.0. The summed E-state index contributed by atoms with van der Waals surface area (Å²) in [6.07, 6.45) is 2.24. The smallest absolute Gasteiger partial charge is 0.243 e. The van der Waals surface area contributed by atoms with Gasteiger partial charge in [-0.15, -0.1) is 0 Å². The number of fused-ring (bicyclic) bond motifs is 1. The standard InChI is InChI=1S/C20H29N3O5S/c1-16-3-2-6-22(14-16)20(24)15-21-7-9-23(10-8-21)29(25,26)17-4-5-18-19(13-17)28-12-11-27-18/h4-5,13,16H,2-3,6-12,14-15H2,1H3/t16-/m0/s1. The van der Waals surface area contributed by atoms with E-state index in [1.165, 1.54) is 16.8 Å². The van der Waals surface area contributed by atoms with Crippen LogP contribution in [0.5, 0.6) is 11.5 Å². The van der Waals surface area contributed by atoms with Crippen LogP contribution in [0.1, 0.15) is 19.8 Å². The summed E-state index contributed by atoms with van der Waals surface area (Å²) >= 11 is 0. The highest BCUT2D eigenvalue weighted by molar-refractivity contribution is 7.89. The monoisotopic (exact) mass is 423 g/mol. The summed E-state index contributed by atoms with van der Waals surface area (Å²) in [5.74, 6) is 1.75. The van der Waals surface area contributed by atoms with Gasteiger partial charge in [0.05, 0.1) is 11.4 Å². The number of rotatable bonds is 4. The van der Waals surface area contributed by atoms with Crippen LogP contribution in [0, 0.1) is 5.92 Å². The largest absolute Gasteiger partial charge is 0.486 e. The summed E-state index contributed by atoms with van der Waals surface area (Å²) in [5.41, 5.74) is 0. The molecule has 8 nitrogen and oxygen atoms in total. The lowest BCUT2D eigenvalue weighted by atomic mass is 10.0. The molecule has 4 rings (SSSR count). The van der Waals surface area contributed by atoms with Gasteiger partial charge in [-0.25, -0.2) is 8.42 Å². The van der Waals surface area contributed by atoms with Crippen LogP contribution >= 0.6 is 0 Å². The second-order valence-electron chi connectivity index (χ2n) is 8.07. The van der Waals surface area contributed by atoms with Gasteiger partial charge in [0.1, 0.15) is 13.2 Å². The molecular formula is C20H29N3O5S. The van der Waals surface area contributed by atoms with Gasteiger partial charge in [0.25, 0.3) is 0 Å². The molecule has 0 unspecified atom stereocenters. The first kappa shape index (κ1) is 20.4. The topological polar surface area (TPSA) is 79.4 Å².